The van der Waals surface area contributed by atoms with E-state index in [0.29, 0.717) is 5.02 Å². The van der Waals surface area contributed by atoms with Crippen molar-refractivity contribution in [3.05, 3.63) is 46.7 Å². The molecule has 4 heteroatoms. The van der Waals surface area contributed by atoms with Crippen LogP contribution >= 0.6 is 11.6 Å². The number of nitrogens with two attached hydrogens (primary N) is 1. The minimum Gasteiger partial charge on any atom is -0.324 e. The molecule has 2 aromatic rings. The van der Waals surface area contributed by atoms with Crippen LogP contribution in [0.4, 0.5) is 0 Å². The third-order valence-electron chi connectivity index (χ3n) is 2.46. The fraction of sp³-hybridized carbons (Fsp3) is 0.250. The number of aromatic nitrogens is 2. The topological polar surface area (TPSA) is 43.8 Å². The molecule has 0 aliphatic heterocycles. The zero-order valence-electron chi connectivity index (χ0n) is 9.31. The Hall–Kier alpha value is -1.32. The van der Waals surface area contributed by atoms with Crippen LogP contribution in [0.25, 0.3) is 5.69 Å². The van der Waals surface area contributed by atoms with Gasteiger partial charge in [0.1, 0.15) is 0 Å². The van der Waals surface area contributed by atoms with Crippen LogP contribution in [0.5, 0.6) is 0 Å². The molecule has 1 unspecified atom stereocenters. The van der Waals surface area contributed by atoms with Crippen LogP contribution in [0.3, 0.4) is 0 Å². The molecule has 0 amide bonds. The number of hydrogen-bond donors (Lipinski definition) is 1. The van der Waals surface area contributed by atoms with Crippen LogP contribution in [-0.4, -0.2) is 9.78 Å². The molecule has 0 saturated carbocycles. The Bertz CT molecular complexity index is 503. The van der Waals surface area contributed by atoms with Crippen molar-refractivity contribution in [3.8, 4) is 5.69 Å². The summed E-state index contributed by atoms with van der Waals surface area (Å²) < 4.78 is 1.77. The molecule has 1 heterocycles. The molecule has 0 saturated heterocycles. The highest BCUT2D eigenvalue weighted by atomic mass is 35.5. The first-order chi connectivity index (χ1) is 7.58. The second-order valence-corrected chi connectivity index (χ2v) is 4.37. The van der Waals surface area contributed by atoms with E-state index < -0.39 is 0 Å². The number of rotatable bonds is 2. The fourth-order valence-electron chi connectivity index (χ4n) is 1.54. The summed E-state index contributed by atoms with van der Waals surface area (Å²) in [6.07, 6.45) is 3.74. The Balaban J connectivity index is 2.44. The highest BCUT2D eigenvalue weighted by Crippen LogP contribution is 2.23. The number of hydrogen-bond acceptors (Lipinski definition) is 2. The van der Waals surface area contributed by atoms with Gasteiger partial charge in [-0.25, -0.2) is 4.68 Å². The van der Waals surface area contributed by atoms with E-state index in [1.54, 1.807) is 10.9 Å². The van der Waals surface area contributed by atoms with E-state index in [1.807, 2.05) is 38.2 Å². The molecule has 0 spiro atoms. The van der Waals surface area contributed by atoms with Crippen molar-refractivity contribution < 1.29 is 0 Å². The predicted molar refractivity (Wildman–Crippen MR) is 65.9 cm³/mol. The van der Waals surface area contributed by atoms with Crippen LogP contribution in [0.15, 0.2) is 30.6 Å². The van der Waals surface area contributed by atoms with Crippen molar-refractivity contribution in [2.24, 2.45) is 5.73 Å². The molecule has 16 heavy (non-hydrogen) atoms. The van der Waals surface area contributed by atoms with Crippen molar-refractivity contribution in [1.82, 2.24) is 9.78 Å². The van der Waals surface area contributed by atoms with Gasteiger partial charge >= 0.3 is 0 Å². The maximum Gasteiger partial charge on any atom is 0.0832 e. The van der Waals surface area contributed by atoms with Crippen LogP contribution < -0.4 is 5.73 Å². The van der Waals surface area contributed by atoms with Crippen molar-refractivity contribution in [3.63, 3.8) is 0 Å². The van der Waals surface area contributed by atoms with E-state index >= 15 is 0 Å². The summed E-state index contributed by atoms with van der Waals surface area (Å²) in [5, 5.41) is 4.89. The fourth-order valence-corrected chi connectivity index (χ4v) is 1.81. The lowest BCUT2D eigenvalue weighted by atomic mass is 10.1. The first-order valence-corrected chi connectivity index (χ1v) is 5.52. The molecule has 84 valence electrons. The minimum absolute atomic E-state index is 0.00842. The van der Waals surface area contributed by atoms with E-state index in [4.69, 9.17) is 17.3 Å². The van der Waals surface area contributed by atoms with E-state index in [9.17, 15) is 0 Å². The largest absolute Gasteiger partial charge is 0.324 e. The van der Waals surface area contributed by atoms with Crippen LogP contribution in [0, 0.1) is 6.92 Å². The third-order valence-corrected chi connectivity index (χ3v) is 2.76. The monoisotopic (exact) mass is 235 g/mol. The SMILES string of the molecule is Cc1cnn(-c2ccc(C(C)N)cc2Cl)c1. The molecule has 0 radical (unpaired) electrons. The Morgan fingerprint density at radius 2 is 2.19 bits per heavy atom. The molecule has 3 nitrogen and oxygen atoms in total. The van der Waals surface area contributed by atoms with Crippen LogP contribution in [-0.2, 0) is 0 Å². The maximum atomic E-state index is 6.20. The first kappa shape index (κ1) is 11.2. The maximum absolute atomic E-state index is 6.20. The molecule has 1 aromatic carbocycles. The Labute approximate surface area is 99.8 Å². The van der Waals surface area contributed by atoms with Gasteiger partial charge in [-0.15, -0.1) is 0 Å². The molecule has 1 atom stereocenters. The van der Waals surface area contributed by atoms with Crippen LogP contribution in [0.1, 0.15) is 24.1 Å². The zero-order chi connectivity index (χ0) is 11.7. The van der Waals surface area contributed by atoms with Gasteiger partial charge in [0.2, 0.25) is 0 Å². The molecule has 0 fully saturated rings. The molecular formula is C12H14ClN3. The van der Waals surface area contributed by atoms with Gasteiger partial charge in [0.15, 0.2) is 0 Å². The lowest BCUT2D eigenvalue weighted by Gasteiger charge is -2.09. The second kappa shape index (κ2) is 4.28. The molecule has 0 bridgehead atoms. The highest BCUT2D eigenvalue weighted by Gasteiger charge is 2.07. The highest BCUT2D eigenvalue weighted by molar-refractivity contribution is 6.32. The van der Waals surface area contributed by atoms with Gasteiger partial charge in [0, 0.05) is 12.2 Å². The number of aryl methyl sites for hydroxylation is 1. The second-order valence-electron chi connectivity index (χ2n) is 3.96. The van der Waals surface area contributed by atoms with Gasteiger partial charge in [-0.05, 0) is 37.1 Å². The average Bonchev–Trinajstić information content (AvgIpc) is 2.64. The van der Waals surface area contributed by atoms with Gasteiger partial charge in [0.05, 0.1) is 16.9 Å². The van der Waals surface area contributed by atoms with Gasteiger partial charge in [-0.2, -0.15) is 5.10 Å². The van der Waals surface area contributed by atoms with Gasteiger partial charge in [0.25, 0.3) is 0 Å². The third kappa shape index (κ3) is 2.10. The first-order valence-electron chi connectivity index (χ1n) is 5.14. The smallest absolute Gasteiger partial charge is 0.0832 e. The number of nitrogens with zero attached hydrogens (tertiary/aromatic N) is 2. The van der Waals surface area contributed by atoms with Gasteiger partial charge in [-0.1, -0.05) is 17.7 Å². The molecule has 2 N–H and O–H groups in total. The van der Waals surface area contributed by atoms with Crippen molar-refractivity contribution in [2.75, 3.05) is 0 Å². The summed E-state index contributed by atoms with van der Waals surface area (Å²) >= 11 is 6.20. The standard InChI is InChI=1S/C12H14ClN3/c1-8-6-15-16(7-8)12-4-3-10(9(2)14)5-11(12)13/h3-7,9H,14H2,1-2H3. The van der Waals surface area contributed by atoms with E-state index in [1.165, 1.54) is 0 Å². The number of benzene rings is 1. The quantitative estimate of drug-likeness (QED) is 0.870. The summed E-state index contributed by atoms with van der Waals surface area (Å²) in [6.45, 7) is 3.93. The normalized spacial score (nSPS) is 12.8. The summed E-state index contributed by atoms with van der Waals surface area (Å²) in [6, 6.07) is 5.79. The summed E-state index contributed by atoms with van der Waals surface area (Å²) in [5.74, 6) is 0. The summed E-state index contributed by atoms with van der Waals surface area (Å²) in [4.78, 5) is 0. The van der Waals surface area contributed by atoms with Crippen molar-refractivity contribution >= 4 is 11.6 Å². The molecule has 1 aromatic heterocycles. The summed E-state index contributed by atoms with van der Waals surface area (Å²) in [7, 11) is 0. The van der Waals surface area contributed by atoms with Gasteiger partial charge < -0.3 is 5.73 Å². The molecule has 0 aliphatic carbocycles. The Kier molecular flexibility index (Phi) is 2.99. The van der Waals surface area contributed by atoms with E-state index in [2.05, 4.69) is 5.10 Å². The molecule has 2 rings (SSSR count). The average molecular weight is 236 g/mol. The minimum atomic E-state index is -0.00842. The Morgan fingerprint density at radius 3 is 2.69 bits per heavy atom. The zero-order valence-corrected chi connectivity index (χ0v) is 10.1. The number of halogens is 1. The molecular weight excluding hydrogens is 222 g/mol. The van der Waals surface area contributed by atoms with E-state index in [-0.39, 0.29) is 6.04 Å². The van der Waals surface area contributed by atoms with Crippen molar-refractivity contribution in [2.45, 2.75) is 19.9 Å². The van der Waals surface area contributed by atoms with Crippen molar-refractivity contribution in [1.29, 1.82) is 0 Å². The molecule has 0 aliphatic rings. The Morgan fingerprint density at radius 1 is 1.44 bits per heavy atom. The van der Waals surface area contributed by atoms with Gasteiger partial charge in [-0.3, -0.25) is 0 Å². The summed E-state index contributed by atoms with van der Waals surface area (Å²) in [5.41, 5.74) is 8.80. The predicted octanol–water partition coefficient (Wildman–Crippen LogP) is 2.85. The lowest BCUT2D eigenvalue weighted by molar-refractivity contribution is 0.814. The van der Waals surface area contributed by atoms with E-state index in [0.717, 1.165) is 16.8 Å². The lowest BCUT2D eigenvalue weighted by Crippen LogP contribution is -2.05. The van der Waals surface area contributed by atoms with Crippen LogP contribution in [0.2, 0.25) is 5.02 Å².